The highest BCUT2D eigenvalue weighted by Crippen LogP contribution is 2.37. The number of halogens is 2. The van der Waals surface area contributed by atoms with Crippen molar-refractivity contribution in [2.45, 2.75) is 31.7 Å². The summed E-state index contributed by atoms with van der Waals surface area (Å²) in [5.74, 6) is 0.787. The van der Waals surface area contributed by atoms with Crippen molar-refractivity contribution in [1.29, 1.82) is 0 Å². The monoisotopic (exact) mass is 243 g/mol. The average Bonchev–Trinajstić information content (AvgIpc) is 2.15. The summed E-state index contributed by atoms with van der Waals surface area (Å²) in [6, 6.07) is 5.70. The molecular formula is C12H15Cl2N. The molecule has 0 radical (unpaired) electrons. The maximum Gasteiger partial charge on any atom is 0.0640 e. The molecule has 3 heteroatoms. The zero-order valence-electron chi connectivity index (χ0n) is 8.55. The highest BCUT2D eigenvalue weighted by atomic mass is 35.5. The van der Waals surface area contributed by atoms with Crippen LogP contribution in [0.4, 0.5) is 0 Å². The van der Waals surface area contributed by atoms with Crippen LogP contribution < -0.4 is 5.73 Å². The Hall–Kier alpha value is -0.240. The lowest BCUT2D eigenvalue weighted by atomic mass is 9.80. The molecule has 82 valence electrons. The third-order valence-electron chi connectivity index (χ3n) is 3.19. The molecule has 2 N–H and O–H groups in total. The van der Waals surface area contributed by atoms with Crippen molar-refractivity contribution in [2.24, 2.45) is 11.7 Å². The number of hydrogen-bond donors (Lipinski definition) is 1. The van der Waals surface area contributed by atoms with Crippen LogP contribution >= 0.6 is 23.2 Å². The SMILES string of the molecule is NC(CC1CCC1)c1cccc(Cl)c1Cl. The molecule has 0 aliphatic heterocycles. The maximum absolute atomic E-state index is 6.13. The predicted molar refractivity (Wildman–Crippen MR) is 65.3 cm³/mol. The highest BCUT2D eigenvalue weighted by Gasteiger charge is 2.22. The second-order valence-corrected chi connectivity index (χ2v) is 5.07. The molecule has 1 nitrogen and oxygen atoms in total. The van der Waals surface area contributed by atoms with Crippen LogP contribution in [0.3, 0.4) is 0 Å². The van der Waals surface area contributed by atoms with E-state index < -0.39 is 0 Å². The van der Waals surface area contributed by atoms with E-state index in [1.165, 1.54) is 19.3 Å². The molecule has 0 aromatic heterocycles. The Kier molecular flexibility index (Phi) is 3.55. The first kappa shape index (κ1) is 11.3. The lowest BCUT2D eigenvalue weighted by molar-refractivity contribution is 0.277. The van der Waals surface area contributed by atoms with E-state index in [2.05, 4.69) is 0 Å². The second kappa shape index (κ2) is 4.73. The first-order chi connectivity index (χ1) is 7.18. The van der Waals surface area contributed by atoms with Crippen LogP contribution in [0.1, 0.15) is 37.3 Å². The minimum atomic E-state index is 0.0292. The topological polar surface area (TPSA) is 26.0 Å². The Morgan fingerprint density at radius 1 is 1.33 bits per heavy atom. The van der Waals surface area contributed by atoms with E-state index in [0.717, 1.165) is 17.9 Å². The summed E-state index contributed by atoms with van der Waals surface area (Å²) in [4.78, 5) is 0. The van der Waals surface area contributed by atoms with Gasteiger partial charge in [-0.2, -0.15) is 0 Å². The standard InChI is InChI=1S/C12H15Cl2N/c13-10-6-2-5-9(12(10)14)11(15)7-8-3-1-4-8/h2,5-6,8,11H,1,3-4,7,15H2. The van der Waals surface area contributed by atoms with E-state index in [0.29, 0.717) is 10.0 Å². The fourth-order valence-electron chi connectivity index (χ4n) is 2.02. The van der Waals surface area contributed by atoms with Crippen molar-refractivity contribution in [2.75, 3.05) is 0 Å². The van der Waals surface area contributed by atoms with Gasteiger partial charge in [-0.1, -0.05) is 54.6 Å². The molecule has 1 unspecified atom stereocenters. The van der Waals surface area contributed by atoms with Crippen LogP contribution in [0.2, 0.25) is 10.0 Å². The summed E-state index contributed by atoms with van der Waals surface area (Å²) in [6.45, 7) is 0. The summed E-state index contributed by atoms with van der Waals surface area (Å²) in [7, 11) is 0. The summed E-state index contributed by atoms with van der Waals surface area (Å²) in [6.07, 6.45) is 5.00. The van der Waals surface area contributed by atoms with Crippen molar-refractivity contribution in [3.63, 3.8) is 0 Å². The van der Waals surface area contributed by atoms with Crippen LogP contribution in [0.25, 0.3) is 0 Å². The van der Waals surface area contributed by atoms with Crippen molar-refractivity contribution < 1.29 is 0 Å². The van der Waals surface area contributed by atoms with Gasteiger partial charge in [-0.25, -0.2) is 0 Å². The van der Waals surface area contributed by atoms with E-state index in [1.807, 2.05) is 12.1 Å². The molecule has 1 aliphatic carbocycles. The van der Waals surface area contributed by atoms with E-state index in [-0.39, 0.29) is 6.04 Å². The lowest BCUT2D eigenvalue weighted by Crippen LogP contribution is -2.20. The minimum absolute atomic E-state index is 0.0292. The summed E-state index contributed by atoms with van der Waals surface area (Å²) in [5, 5.41) is 1.21. The predicted octanol–water partition coefficient (Wildman–Crippen LogP) is 4.18. The maximum atomic E-state index is 6.13. The Morgan fingerprint density at radius 2 is 2.07 bits per heavy atom. The van der Waals surface area contributed by atoms with Gasteiger partial charge in [0, 0.05) is 6.04 Å². The normalized spacial score (nSPS) is 18.6. The largest absolute Gasteiger partial charge is 0.324 e. The molecule has 0 spiro atoms. The van der Waals surface area contributed by atoms with Crippen LogP contribution in [0.15, 0.2) is 18.2 Å². The number of rotatable bonds is 3. The van der Waals surface area contributed by atoms with Crippen LogP contribution in [-0.2, 0) is 0 Å². The Labute approximate surface area is 101 Å². The molecule has 1 aromatic carbocycles. The van der Waals surface area contributed by atoms with Crippen molar-refractivity contribution >= 4 is 23.2 Å². The van der Waals surface area contributed by atoms with Gasteiger partial charge in [0.15, 0.2) is 0 Å². The third kappa shape index (κ3) is 2.47. The van der Waals surface area contributed by atoms with E-state index in [9.17, 15) is 0 Å². The molecule has 0 saturated heterocycles. The fraction of sp³-hybridized carbons (Fsp3) is 0.500. The molecule has 0 bridgehead atoms. The lowest BCUT2D eigenvalue weighted by Gasteiger charge is -2.28. The average molecular weight is 244 g/mol. The highest BCUT2D eigenvalue weighted by molar-refractivity contribution is 6.42. The first-order valence-electron chi connectivity index (χ1n) is 5.38. The first-order valence-corrected chi connectivity index (χ1v) is 6.13. The van der Waals surface area contributed by atoms with Gasteiger partial charge in [-0.05, 0) is 24.0 Å². The summed E-state index contributed by atoms with van der Waals surface area (Å²) < 4.78 is 0. The van der Waals surface area contributed by atoms with Crippen molar-refractivity contribution in [3.8, 4) is 0 Å². The molecule has 1 atom stereocenters. The molecule has 0 heterocycles. The van der Waals surface area contributed by atoms with Gasteiger partial charge in [-0.15, -0.1) is 0 Å². The zero-order chi connectivity index (χ0) is 10.8. The molecule has 1 fully saturated rings. The van der Waals surface area contributed by atoms with E-state index >= 15 is 0 Å². The number of hydrogen-bond acceptors (Lipinski definition) is 1. The van der Waals surface area contributed by atoms with Gasteiger partial charge < -0.3 is 5.73 Å². The van der Waals surface area contributed by atoms with Gasteiger partial charge >= 0.3 is 0 Å². The molecule has 15 heavy (non-hydrogen) atoms. The molecular weight excluding hydrogens is 229 g/mol. The van der Waals surface area contributed by atoms with Crippen molar-refractivity contribution in [3.05, 3.63) is 33.8 Å². The fourth-order valence-corrected chi connectivity index (χ4v) is 2.47. The second-order valence-electron chi connectivity index (χ2n) is 4.28. The Balaban J connectivity index is 2.09. The Morgan fingerprint density at radius 3 is 2.67 bits per heavy atom. The quantitative estimate of drug-likeness (QED) is 0.847. The van der Waals surface area contributed by atoms with Crippen LogP contribution in [0, 0.1) is 5.92 Å². The van der Waals surface area contributed by atoms with Crippen LogP contribution in [-0.4, -0.2) is 0 Å². The van der Waals surface area contributed by atoms with Gasteiger partial charge in [0.1, 0.15) is 0 Å². The molecule has 2 rings (SSSR count). The number of benzene rings is 1. The molecule has 1 aliphatic rings. The van der Waals surface area contributed by atoms with Gasteiger partial charge in [0.05, 0.1) is 10.0 Å². The molecule has 1 aromatic rings. The van der Waals surface area contributed by atoms with Gasteiger partial charge in [-0.3, -0.25) is 0 Å². The van der Waals surface area contributed by atoms with Gasteiger partial charge in [0.25, 0.3) is 0 Å². The third-order valence-corrected chi connectivity index (χ3v) is 4.03. The molecule has 1 saturated carbocycles. The smallest absolute Gasteiger partial charge is 0.0640 e. The minimum Gasteiger partial charge on any atom is -0.324 e. The number of nitrogens with two attached hydrogens (primary N) is 1. The van der Waals surface area contributed by atoms with E-state index in [1.54, 1.807) is 6.07 Å². The van der Waals surface area contributed by atoms with Crippen molar-refractivity contribution in [1.82, 2.24) is 0 Å². The van der Waals surface area contributed by atoms with Crippen LogP contribution in [0.5, 0.6) is 0 Å². The zero-order valence-corrected chi connectivity index (χ0v) is 10.1. The summed E-state index contributed by atoms with van der Waals surface area (Å²) >= 11 is 12.1. The molecule has 0 amide bonds. The van der Waals surface area contributed by atoms with Gasteiger partial charge in [0.2, 0.25) is 0 Å². The summed E-state index contributed by atoms with van der Waals surface area (Å²) in [5.41, 5.74) is 7.11. The van der Waals surface area contributed by atoms with E-state index in [4.69, 9.17) is 28.9 Å². The Bertz CT molecular complexity index is 347.